The van der Waals surface area contributed by atoms with Gasteiger partial charge in [-0.3, -0.25) is 9.59 Å². The first-order chi connectivity index (χ1) is 9.28. The van der Waals surface area contributed by atoms with Crippen molar-refractivity contribution in [3.8, 4) is 0 Å². The molecule has 0 unspecified atom stereocenters. The average molecular weight is 256 g/mol. The van der Waals surface area contributed by atoms with Gasteiger partial charge in [0.15, 0.2) is 6.29 Å². The molecule has 0 radical (unpaired) electrons. The largest absolute Gasteiger partial charge is 0.354 e. The first kappa shape index (κ1) is 12.0. The van der Waals surface area contributed by atoms with Crippen LogP contribution in [0.25, 0.3) is 10.9 Å². The van der Waals surface area contributed by atoms with Crippen molar-refractivity contribution < 1.29 is 9.59 Å². The van der Waals surface area contributed by atoms with E-state index in [9.17, 15) is 9.59 Å². The summed E-state index contributed by atoms with van der Waals surface area (Å²) in [6.45, 7) is 1.04. The molecule has 0 spiro atoms. The molecular weight excluding hydrogens is 240 g/mol. The van der Waals surface area contributed by atoms with Gasteiger partial charge in [0, 0.05) is 23.7 Å². The van der Waals surface area contributed by atoms with Crippen LogP contribution in [0.5, 0.6) is 0 Å². The van der Waals surface area contributed by atoms with E-state index in [2.05, 4.69) is 5.32 Å². The first-order valence-electron chi connectivity index (χ1n) is 6.57. The number of aldehydes is 1. The van der Waals surface area contributed by atoms with Crippen molar-refractivity contribution in [2.24, 2.45) is 5.92 Å². The maximum atomic E-state index is 11.9. The zero-order valence-corrected chi connectivity index (χ0v) is 10.6. The molecule has 19 heavy (non-hydrogen) atoms. The van der Waals surface area contributed by atoms with Gasteiger partial charge in [-0.05, 0) is 30.9 Å². The van der Waals surface area contributed by atoms with Crippen molar-refractivity contribution in [1.82, 2.24) is 9.88 Å². The molecule has 0 atom stereocenters. The molecule has 98 valence electrons. The molecule has 0 saturated heterocycles. The summed E-state index contributed by atoms with van der Waals surface area (Å²) in [6, 6.07) is 7.49. The van der Waals surface area contributed by atoms with Crippen molar-refractivity contribution in [2.75, 3.05) is 6.54 Å². The molecule has 1 aromatic carbocycles. The monoisotopic (exact) mass is 256 g/mol. The van der Waals surface area contributed by atoms with Gasteiger partial charge in [-0.1, -0.05) is 12.1 Å². The number of amides is 1. The zero-order chi connectivity index (χ0) is 13.2. The molecule has 1 amide bonds. The normalized spacial score (nSPS) is 14.5. The SMILES string of the molecule is O=Cc1cccc2ccn(CC(=O)NCC3CC3)c12. The molecule has 1 fully saturated rings. The van der Waals surface area contributed by atoms with Crippen LogP contribution in [0.1, 0.15) is 23.2 Å². The third-order valence-electron chi connectivity index (χ3n) is 3.55. The second kappa shape index (κ2) is 4.88. The van der Waals surface area contributed by atoms with Crippen molar-refractivity contribution in [3.63, 3.8) is 0 Å². The molecule has 4 heteroatoms. The topological polar surface area (TPSA) is 51.1 Å². The van der Waals surface area contributed by atoms with Crippen LogP contribution < -0.4 is 5.32 Å². The van der Waals surface area contributed by atoms with Gasteiger partial charge in [-0.25, -0.2) is 0 Å². The smallest absolute Gasteiger partial charge is 0.239 e. The molecule has 1 saturated carbocycles. The van der Waals surface area contributed by atoms with Crippen molar-refractivity contribution in [3.05, 3.63) is 36.0 Å². The Balaban J connectivity index is 1.79. The molecule has 1 heterocycles. The van der Waals surface area contributed by atoms with E-state index in [1.54, 1.807) is 6.07 Å². The summed E-state index contributed by atoms with van der Waals surface area (Å²) in [6.07, 6.45) is 5.14. The molecule has 2 aromatic rings. The fourth-order valence-electron chi connectivity index (χ4n) is 2.31. The lowest BCUT2D eigenvalue weighted by molar-refractivity contribution is -0.121. The minimum atomic E-state index is 0.00472. The number of aromatic nitrogens is 1. The van der Waals surface area contributed by atoms with Crippen LogP contribution in [0.15, 0.2) is 30.5 Å². The Hall–Kier alpha value is -2.10. The molecule has 0 bridgehead atoms. The van der Waals surface area contributed by atoms with Gasteiger partial charge in [0.1, 0.15) is 6.54 Å². The van der Waals surface area contributed by atoms with E-state index in [0.29, 0.717) is 11.5 Å². The maximum absolute atomic E-state index is 11.9. The third kappa shape index (κ3) is 2.52. The molecule has 1 aromatic heterocycles. The molecule has 4 nitrogen and oxygen atoms in total. The number of nitrogens with one attached hydrogen (secondary N) is 1. The highest BCUT2D eigenvalue weighted by molar-refractivity contribution is 5.97. The van der Waals surface area contributed by atoms with Crippen molar-refractivity contribution in [1.29, 1.82) is 0 Å². The number of nitrogens with zero attached hydrogens (tertiary/aromatic N) is 1. The Labute approximate surface area is 111 Å². The zero-order valence-electron chi connectivity index (χ0n) is 10.6. The van der Waals surface area contributed by atoms with Crippen LogP contribution >= 0.6 is 0 Å². The van der Waals surface area contributed by atoms with E-state index >= 15 is 0 Å². The van der Waals surface area contributed by atoms with E-state index in [0.717, 1.165) is 23.7 Å². The van der Waals surface area contributed by atoms with E-state index in [-0.39, 0.29) is 12.5 Å². The first-order valence-corrected chi connectivity index (χ1v) is 6.57. The van der Waals surface area contributed by atoms with Crippen LogP contribution in [0.2, 0.25) is 0 Å². The highest BCUT2D eigenvalue weighted by Gasteiger charge is 2.21. The predicted molar refractivity (Wildman–Crippen MR) is 73.1 cm³/mol. The average Bonchev–Trinajstić information content (AvgIpc) is 3.18. The Kier molecular flexibility index (Phi) is 3.07. The molecular formula is C15H16N2O2. The summed E-state index contributed by atoms with van der Waals surface area (Å²) >= 11 is 0. The lowest BCUT2D eigenvalue weighted by Crippen LogP contribution is -2.29. The number of para-hydroxylation sites is 1. The minimum absolute atomic E-state index is 0.00472. The Morgan fingerprint density at radius 3 is 2.95 bits per heavy atom. The van der Waals surface area contributed by atoms with Gasteiger partial charge in [0.25, 0.3) is 0 Å². The van der Waals surface area contributed by atoms with Gasteiger partial charge in [-0.15, -0.1) is 0 Å². The summed E-state index contributed by atoms with van der Waals surface area (Å²) < 4.78 is 1.83. The Bertz CT molecular complexity index is 626. The summed E-state index contributed by atoms with van der Waals surface area (Å²) in [7, 11) is 0. The third-order valence-corrected chi connectivity index (χ3v) is 3.55. The van der Waals surface area contributed by atoms with Crippen LogP contribution in [0.3, 0.4) is 0 Å². The van der Waals surface area contributed by atoms with Crippen molar-refractivity contribution in [2.45, 2.75) is 19.4 Å². The lowest BCUT2D eigenvalue weighted by Gasteiger charge is -2.08. The number of benzene rings is 1. The fourth-order valence-corrected chi connectivity index (χ4v) is 2.31. The molecule has 1 aliphatic rings. The van der Waals surface area contributed by atoms with Crippen LogP contribution in [0, 0.1) is 5.92 Å². The summed E-state index contributed by atoms with van der Waals surface area (Å²) in [5, 5.41) is 3.92. The van der Waals surface area contributed by atoms with E-state index in [4.69, 9.17) is 0 Å². The molecule has 1 N–H and O–H groups in total. The van der Waals surface area contributed by atoms with E-state index in [1.807, 2.05) is 29.0 Å². The Morgan fingerprint density at radius 1 is 1.37 bits per heavy atom. The van der Waals surface area contributed by atoms with Crippen molar-refractivity contribution >= 4 is 23.1 Å². The fraction of sp³-hybridized carbons (Fsp3) is 0.333. The van der Waals surface area contributed by atoms with Crippen LogP contribution in [0.4, 0.5) is 0 Å². The van der Waals surface area contributed by atoms with Gasteiger partial charge in [-0.2, -0.15) is 0 Å². The summed E-state index contributed by atoms with van der Waals surface area (Å²) in [5.74, 6) is 0.681. The molecule has 1 aliphatic carbocycles. The minimum Gasteiger partial charge on any atom is -0.354 e. The summed E-state index contributed by atoms with van der Waals surface area (Å²) in [5.41, 5.74) is 1.46. The molecule has 0 aliphatic heterocycles. The van der Waals surface area contributed by atoms with Gasteiger partial charge in [0.05, 0.1) is 5.52 Å². The Morgan fingerprint density at radius 2 is 2.21 bits per heavy atom. The quantitative estimate of drug-likeness (QED) is 0.832. The van der Waals surface area contributed by atoms with Crippen LogP contribution in [-0.4, -0.2) is 23.3 Å². The van der Waals surface area contributed by atoms with E-state index < -0.39 is 0 Å². The van der Waals surface area contributed by atoms with E-state index in [1.165, 1.54) is 12.8 Å². The maximum Gasteiger partial charge on any atom is 0.239 e. The number of hydrogen-bond donors (Lipinski definition) is 1. The highest BCUT2D eigenvalue weighted by Crippen LogP contribution is 2.27. The number of hydrogen-bond acceptors (Lipinski definition) is 2. The van der Waals surface area contributed by atoms with Gasteiger partial charge in [0.2, 0.25) is 5.91 Å². The predicted octanol–water partition coefficient (Wildman–Crippen LogP) is 1.98. The highest BCUT2D eigenvalue weighted by atomic mass is 16.2. The van der Waals surface area contributed by atoms with Crippen LogP contribution in [-0.2, 0) is 11.3 Å². The second-order valence-corrected chi connectivity index (χ2v) is 5.09. The second-order valence-electron chi connectivity index (χ2n) is 5.09. The number of rotatable bonds is 5. The number of carbonyl (C=O) groups excluding carboxylic acids is 2. The van der Waals surface area contributed by atoms with Gasteiger partial charge < -0.3 is 9.88 Å². The number of fused-ring (bicyclic) bond motifs is 1. The standard InChI is InChI=1S/C15H16N2O2/c18-10-13-3-1-2-12-6-7-17(15(12)13)9-14(19)16-8-11-4-5-11/h1-3,6-7,10-11H,4-5,8-9H2,(H,16,19). The molecule has 3 rings (SSSR count). The lowest BCUT2D eigenvalue weighted by atomic mass is 10.1. The number of carbonyl (C=O) groups is 2. The van der Waals surface area contributed by atoms with Gasteiger partial charge >= 0.3 is 0 Å². The summed E-state index contributed by atoms with van der Waals surface area (Å²) in [4.78, 5) is 22.9.